The van der Waals surface area contributed by atoms with Crippen LogP contribution in [0.1, 0.15) is 90.4 Å². The fourth-order valence-corrected chi connectivity index (χ4v) is 7.02. The summed E-state index contributed by atoms with van der Waals surface area (Å²) < 4.78 is 14.1. The number of fused-ring (bicyclic) bond motifs is 6. The third-order valence-electron chi connectivity index (χ3n) is 8.81. The van der Waals surface area contributed by atoms with Gasteiger partial charge in [0.15, 0.2) is 6.23 Å². The number of methoxy groups -OCH3 is 1. The van der Waals surface area contributed by atoms with Gasteiger partial charge in [0.1, 0.15) is 23.5 Å². The lowest BCUT2D eigenvalue weighted by Crippen LogP contribution is -2.74. The van der Waals surface area contributed by atoms with E-state index in [-0.39, 0.29) is 18.9 Å². The first-order valence-corrected chi connectivity index (χ1v) is 14.7. The predicted octanol–water partition coefficient (Wildman–Crippen LogP) is 4.85. The third kappa shape index (κ3) is 4.30. The van der Waals surface area contributed by atoms with Crippen molar-refractivity contribution in [1.82, 2.24) is 14.4 Å². The van der Waals surface area contributed by atoms with E-state index >= 15 is 0 Å². The molecule has 6 rings (SSSR count). The van der Waals surface area contributed by atoms with Crippen LogP contribution >= 0.6 is 0 Å². The largest absolute Gasteiger partial charge is 0.497 e. The summed E-state index contributed by atoms with van der Waals surface area (Å²) in [6.07, 6.45) is 3.56. The third-order valence-corrected chi connectivity index (χ3v) is 8.81. The van der Waals surface area contributed by atoms with Gasteiger partial charge in [-0.25, -0.2) is 9.78 Å². The van der Waals surface area contributed by atoms with Crippen LogP contribution in [-0.4, -0.2) is 68.9 Å². The van der Waals surface area contributed by atoms with Gasteiger partial charge in [-0.1, -0.05) is 17.2 Å². The van der Waals surface area contributed by atoms with E-state index in [1.807, 2.05) is 76.5 Å². The van der Waals surface area contributed by atoms with Gasteiger partial charge in [-0.05, 0) is 72.6 Å². The second-order valence-corrected chi connectivity index (χ2v) is 12.9. The average molecular weight is 580 g/mol. The minimum Gasteiger partial charge on any atom is -0.497 e. The molecule has 4 aliphatic rings. The van der Waals surface area contributed by atoms with Crippen LogP contribution in [-0.2, 0) is 24.1 Å². The zero-order chi connectivity index (χ0) is 30.1. The SMILES string of the molecule is COc1ccc2c3c4n(c2c1)[C@H](C=C(C)C)OOC(C)(C)C[C@@H]4N1C(=O)[C@H]2CCCN2C(=O)[C@@]1(O)[C@@H]3OCC=C(C)C. The molecule has 0 saturated carbocycles. The number of hydrogen-bond donors (Lipinski definition) is 1. The zero-order valence-electron chi connectivity index (χ0n) is 25.5. The number of aromatic nitrogens is 1. The molecule has 2 amide bonds. The Morgan fingerprint density at radius 3 is 2.60 bits per heavy atom. The van der Waals surface area contributed by atoms with E-state index in [1.165, 1.54) is 4.90 Å². The van der Waals surface area contributed by atoms with Crippen molar-refractivity contribution in [2.75, 3.05) is 20.3 Å². The number of carbonyl (C=O) groups excluding carboxylic acids is 2. The van der Waals surface area contributed by atoms with Crippen LogP contribution in [0.5, 0.6) is 5.75 Å². The standard InChI is InChI=1S/C32H41N3O7/c1-18(2)12-14-40-28-26-21-11-10-20(39-7)16-23(21)34-25(15-19(3)4)41-42-31(5,6)17-24(27(26)34)35-29(36)22-9-8-13-33(22)30(37)32(28,35)38/h10-12,15-16,22,24-25,28,38H,8-9,13-14,17H2,1-7H3/t22-,24+,25+,28-,32+/m1/s1. The van der Waals surface area contributed by atoms with Gasteiger partial charge in [0.2, 0.25) is 5.91 Å². The Hall–Kier alpha value is -3.18. The molecule has 0 radical (unpaired) electrons. The van der Waals surface area contributed by atoms with Crippen molar-refractivity contribution in [3.63, 3.8) is 0 Å². The van der Waals surface area contributed by atoms with E-state index in [1.54, 1.807) is 12.0 Å². The molecule has 0 aliphatic carbocycles. The minimum atomic E-state index is -2.24. The number of allylic oxidation sites excluding steroid dienone is 2. The zero-order valence-corrected chi connectivity index (χ0v) is 25.5. The molecule has 42 heavy (non-hydrogen) atoms. The van der Waals surface area contributed by atoms with E-state index in [2.05, 4.69) is 0 Å². The fourth-order valence-electron chi connectivity index (χ4n) is 7.02. The summed E-state index contributed by atoms with van der Waals surface area (Å²) in [6.45, 7) is 12.3. The van der Waals surface area contributed by atoms with Gasteiger partial charge in [0.25, 0.3) is 11.6 Å². The minimum absolute atomic E-state index is 0.156. The second kappa shape index (κ2) is 10.2. The molecule has 1 N–H and O–H groups in total. The molecule has 5 atom stereocenters. The van der Waals surface area contributed by atoms with Crippen LogP contribution in [0, 0.1) is 0 Å². The Morgan fingerprint density at radius 2 is 1.90 bits per heavy atom. The van der Waals surface area contributed by atoms with Crippen molar-refractivity contribution in [3.05, 3.63) is 52.8 Å². The number of nitrogens with zero attached hydrogens (tertiary/aromatic N) is 3. The molecular weight excluding hydrogens is 538 g/mol. The van der Waals surface area contributed by atoms with E-state index in [0.717, 1.165) is 27.7 Å². The molecule has 2 aromatic rings. The van der Waals surface area contributed by atoms with Crippen molar-refractivity contribution in [1.29, 1.82) is 0 Å². The second-order valence-electron chi connectivity index (χ2n) is 12.9. The molecule has 0 unspecified atom stereocenters. The van der Waals surface area contributed by atoms with E-state index < -0.39 is 41.6 Å². The van der Waals surface area contributed by atoms with Gasteiger partial charge in [-0.15, -0.1) is 0 Å². The molecule has 10 heteroatoms. The highest BCUT2D eigenvalue weighted by Crippen LogP contribution is 2.56. The van der Waals surface area contributed by atoms with Crippen LogP contribution in [0.3, 0.4) is 0 Å². The summed E-state index contributed by atoms with van der Waals surface area (Å²) in [5.41, 5.74) is 1.13. The Labute approximate surface area is 246 Å². The summed E-state index contributed by atoms with van der Waals surface area (Å²) in [5.74, 6) is -0.133. The van der Waals surface area contributed by atoms with Gasteiger partial charge in [-0.2, -0.15) is 0 Å². The summed E-state index contributed by atoms with van der Waals surface area (Å²) >= 11 is 0. The Kier molecular flexibility index (Phi) is 7.04. The monoisotopic (exact) mass is 579 g/mol. The number of piperazine rings is 1. The summed E-state index contributed by atoms with van der Waals surface area (Å²) in [4.78, 5) is 43.9. The van der Waals surface area contributed by atoms with Gasteiger partial charge in [-0.3, -0.25) is 14.5 Å². The van der Waals surface area contributed by atoms with Crippen LogP contribution in [0.25, 0.3) is 10.9 Å². The molecule has 4 aliphatic heterocycles. The average Bonchev–Trinajstić information content (AvgIpc) is 3.54. The Bertz CT molecular complexity index is 1500. The lowest BCUT2D eigenvalue weighted by molar-refractivity contribution is -0.390. The summed E-state index contributed by atoms with van der Waals surface area (Å²) in [6, 6.07) is 4.37. The first kappa shape index (κ1) is 28.9. The van der Waals surface area contributed by atoms with Crippen molar-refractivity contribution in [2.45, 2.75) is 96.5 Å². The quantitative estimate of drug-likeness (QED) is 0.399. The van der Waals surface area contributed by atoms with Crippen LogP contribution in [0.4, 0.5) is 0 Å². The van der Waals surface area contributed by atoms with Crippen molar-refractivity contribution < 1.29 is 33.9 Å². The highest BCUT2D eigenvalue weighted by Gasteiger charge is 2.67. The Balaban J connectivity index is 1.72. The molecule has 5 heterocycles. The van der Waals surface area contributed by atoms with Crippen LogP contribution in [0.2, 0.25) is 0 Å². The van der Waals surface area contributed by atoms with Crippen molar-refractivity contribution in [3.8, 4) is 5.75 Å². The topological polar surface area (TPSA) is 103 Å². The molecule has 226 valence electrons. The van der Waals surface area contributed by atoms with Crippen molar-refractivity contribution >= 4 is 22.7 Å². The molecular formula is C32H41N3O7. The summed E-state index contributed by atoms with van der Waals surface area (Å²) in [7, 11) is 1.61. The van der Waals surface area contributed by atoms with E-state index in [9.17, 15) is 14.7 Å². The van der Waals surface area contributed by atoms with Crippen LogP contribution in [0.15, 0.2) is 41.5 Å². The predicted molar refractivity (Wildman–Crippen MR) is 155 cm³/mol. The highest BCUT2D eigenvalue weighted by atomic mass is 17.2. The van der Waals surface area contributed by atoms with Crippen LogP contribution < -0.4 is 4.74 Å². The van der Waals surface area contributed by atoms with Gasteiger partial charge in [0.05, 0.1) is 31.0 Å². The number of amides is 2. The lowest BCUT2D eigenvalue weighted by Gasteiger charge is -2.56. The highest BCUT2D eigenvalue weighted by molar-refractivity contribution is 6.02. The number of aliphatic hydroxyl groups is 1. The summed E-state index contributed by atoms with van der Waals surface area (Å²) in [5, 5.41) is 13.5. The smallest absolute Gasteiger partial charge is 0.279 e. The molecule has 1 aromatic carbocycles. The number of rotatable bonds is 5. The first-order valence-electron chi connectivity index (χ1n) is 14.7. The van der Waals surface area contributed by atoms with E-state index in [4.69, 9.17) is 19.2 Å². The molecule has 2 fully saturated rings. The maximum absolute atomic E-state index is 14.4. The first-order chi connectivity index (χ1) is 19.9. The molecule has 2 saturated heterocycles. The number of hydrogen-bond acceptors (Lipinski definition) is 7. The molecule has 1 aromatic heterocycles. The Morgan fingerprint density at radius 1 is 1.14 bits per heavy atom. The fraction of sp³-hybridized carbons (Fsp3) is 0.562. The number of benzene rings is 1. The molecule has 0 spiro atoms. The maximum Gasteiger partial charge on any atom is 0.279 e. The molecule has 10 nitrogen and oxygen atoms in total. The lowest BCUT2D eigenvalue weighted by atomic mass is 9.79. The van der Waals surface area contributed by atoms with E-state index in [0.29, 0.717) is 30.7 Å². The van der Waals surface area contributed by atoms with Gasteiger partial charge < -0.3 is 24.0 Å². The van der Waals surface area contributed by atoms with Gasteiger partial charge >= 0.3 is 0 Å². The maximum atomic E-state index is 14.4. The van der Waals surface area contributed by atoms with Gasteiger partial charge in [0, 0.05) is 30.0 Å². The number of carbonyl (C=O) groups is 2. The number of ether oxygens (including phenoxy) is 2. The molecule has 0 bridgehead atoms. The van der Waals surface area contributed by atoms with Crippen molar-refractivity contribution in [2.24, 2.45) is 0 Å². The normalized spacial score (nSPS) is 29.8.